The average molecular weight is 305 g/mol. The van der Waals surface area contributed by atoms with Crippen LogP contribution in [0.5, 0.6) is 0 Å². The van der Waals surface area contributed by atoms with Gasteiger partial charge in [-0.3, -0.25) is 0 Å². The predicted octanol–water partition coefficient (Wildman–Crippen LogP) is 2.62. The van der Waals surface area contributed by atoms with Crippen LogP contribution in [0.3, 0.4) is 0 Å². The Hall–Kier alpha value is -1.99. The smallest absolute Gasteiger partial charge is 0.204 e. The number of halogens is 7. The van der Waals surface area contributed by atoms with E-state index in [2.05, 4.69) is 0 Å². The second kappa shape index (κ2) is 5.42. The summed E-state index contributed by atoms with van der Waals surface area (Å²) in [4.78, 5) is 0. The van der Waals surface area contributed by atoms with E-state index in [1.54, 1.807) is 0 Å². The Bertz CT molecular complexity index is 701. The minimum Gasteiger partial charge on any atom is -0.207 e. The lowest BCUT2D eigenvalue weighted by Gasteiger charge is -2.10. The number of rotatable bonds is 2. The van der Waals surface area contributed by atoms with Crippen LogP contribution in [0.1, 0.15) is 5.56 Å². The highest BCUT2D eigenvalue weighted by Crippen LogP contribution is 2.13. The molecule has 1 radical (unpaired) electrons. The monoisotopic (exact) mass is 305 g/mol. The quantitative estimate of drug-likeness (QED) is 0.454. The molecule has 0 atom stereocenters. The minimum atomic E-state index is -1.77. The minimum absolute atomic E-state index is 0.0174. The van der Waals surface area contributed by atoms with Gasteiger partial charge in [-0.05, 0) is 23.4 Å². The van der Waals surface area contributed by atoms with E-state index in [1.807, 2.05) is 0 Å². The lowest BCUT2D eigenvalue weighted by atomic mass is 9.61. The molecule has 0 aliphatic heterocycles. The third-order valence-electron chi connectivity index (χ3n) is 2.89. The summed E-state index contributed by atoms with van der Waals surface area (Å²) in [7, 11) is 0.379. The highest BCUT2D eigenvalue weighted by molar-refractivity contribution is 6.68. The molecule has 2 rings (SSSR count). The molecule has 0 N–H and O–H groups in total. The van der Waals surface area contributed by atoms with Crippen LogP contribution in [-0.4, -0.2) is 7.28 Å². The molecule has 2 aromatic carbocycles. The van der Waals surface area contributed by atoms with Gasteiger partial charge in [-0.25, -0.2) is 30.7 Å². The summed E-state index contributed by atoms with van der Waals surface area (Å²) in [5.41, 5.74) is -2.52. The molecule has 0 fully saturated rings. The van der Waals surface area contributed by atoms with Crippen LogP contribution in [0.2, 0.25) is 0 Å². The molecule has 8 heteroatoms. The van der Waals surface area contributed by atoms with Crippen molar-refractivity contribution >= 4 is 18.2 Å². The van der Waals surface area contributed by atoms with Crippen LogP contribution in [0.4, 0.5) is 30.7 Å². The van der Waals surface area contributed by atoms with E-state index in [4.69, 9.17) is 0 Å². The van der Waals surface area contributed by atoms with Gasteiger partial charge in [0.15, 0.2) is 34.9 Å². The first kappa shape index (κ1) is 15.4. The molecule has 0 unspecified atom stereocenters. The van der Waals surface area contributed by atoms with Crippen molar-refractivity contribution in [1.82, 2.24) is 0 Å². The van der Waals surface area contributed by atoms with Gasteiger partial charge in [-0.2, -0.15) is 0 Å². The molecule has 2 aromatic rings. The SMILES string of the molecule is Cc1c(F)c(F)cc(F)c1[B]c1c(F)c(F)cc(F)c1F. The van der Waals surface area contributed by atoms with E-state index in [9.17, 15) is 30.7 Å². The number of hydrogen-bond donors (Lipinski definition) is 0. The van der Waals surface area contributed by atoms with Crippen molar-refractivity contribution in [3.63, 3.8) is 0 Å². The Morgan fingerprint density at radius 2 is 1.05 bits per heavy atom. The van der Waals surface area contributed by atoms with Crippen molar-refractivity contribution in [3.8, 4) is 0 Å². The van der Waals surface area contributed by atoms with Crippen molar-refractivity contribution < 1.29 is 30.7 Å². The first-order valence-electron chi connectivity index (χ1n) is 5.55. The van der Waals surface area contributed by atoms with Gasteiger partial charge in [0.1, 0.15) is 5.82 Å². The maximum Gasteiger partial charge on any atom is 0.204 e. The molecule has 0 saturated carbocycles. The van der Waals surface area contributed by atoms with E-state index in [-0.39, 0.29) is 12.1 Å². The zero-order valence-corrected chi connectivity index (χ0v) is 10.4. The molecule has 0 aliphatic carbocycles. The molecule has 0 nitrogen and oxygen atoms in total. The Kier molecular flexibility index (Phi) is 3.98. The predicted molar refractivity (Wildman–Crippen MR) is 62.3 cm³/mol. The largest absolute Gasteiger partial charge is 0.207 e. The fourth-order valence-electron chi connectivity index (χ4n) is 1.77. The molecule has 0 spiro atoms. The molecule has 109 valence electrons. The summed E-state index contributed by atoms with van der Waals surface area (Å²) in [6, 6.07) is 0.149. The lowest BCUT2D eigenvalue weighted by Crippen LogP contribution is -2.38. The summed E-state index contributed by atoms with van der Waals surface area (Å²) >= 11 is 0. The van der Waals surface area contributed by atoms with Gasteiger partial charge in [-0.15, -0.1) is 0 Å². The standard InChI is InChI=1S/C13H5BF7/c1-4-9(5(15)2-6(16)11(4)19)14-10-12(20)7(17)3-8(18)13(10)21/h2-3H,1H3. The van der Waals surface area contributed by atoms with Crippen molar-refractivity contribution in [2.45, 2.75) is 6.92 Å². The van der Waals surface area contributed by atoms with Gasteiger partial charge < -0.3 is 0 Å². The summed E-state index contributed by atoms with van der Waals surface area (Å²) in [5, 5.41) is 0. The van der Waals surface area contributed by atoms with Gasteiger partial charge in [-0.1, -0.05) is 0 Å². The second-order valence-corrected chi connectivity index (χ2v) is 4.22. The summed E-state index contributed by atoms with van der Waals surface area (Å²) < 4.78 is 92.9. The van der Waals surface area contributed by atoms with Gasteiger partial charge in [0.25, 0.3) is 0 Å². The maximum absolute atomic E-state index is 13.6. The van der Waals surface area contributed by atoms with Crippen molar-refractivity contribution in [1.29, 1.82) is 0 Å². The van der Waals surface area contributed by atoms with Crippen LogP contribution < -0.4 is 10.9 Å². The third kappa shape index (κ3) is 2.62. The van der Waals surface area contributed by atoms with Crippen molar-refractivity contribution in [3.05, 3.63) is 58.4 Å². The Balaban J connectivity index is 2.62. The van der Waals surface area contributed by atoms with Gasteiger partial charge in [0.2, 0.25) is 7.28 Å². The molecule has 21 heavy (non-hydrogen) atoms. The molecule has 0 bridgehead atoms. The van der Waals surface area contributed by atoms with Gasteiger partial charge in [0, 0.05) is 12.1 Å². The van der Waals surface area contributed by atoms with Crippen LogP contribution in [0.15, 0.2) is 12.1 Å². The van der Waals surface area contributed by atoms with E-state index >= 15 is 0 Å². The molecular weight excluding hydrogens is 300 g/mol. The molecule has 0 heterocycles. The second-order valence-electron chi connectivity index (χ2n) is 4.22. The van der Waals surface area contributed by atoms with E-state index in [1.165, 1.54) is 0 Å². The first-order chi connectivity index (χ1) is 9.73. The van der Waals surface area contributed by atoms with Crippen LogP contribution in [0.25, 0.3) is 0 Å². The molecule has 0 aliphatic rings. The van der Waals surface area contributed by atoms with Crippen LogP contribution >= 0.6 is 0 Å². The van der Waals surface area contributed by atoms with Crippen LogP contribution in [0, 0.1) is 47.6 Å². The van der Waals surface area contributed by atoms with Crippen LogP contribution in [-0.2, 0) is 0 Å². The van der Waals surface area contributed by atoms with E-state index < -0.39 is 57.2 Å². The van der Waals surface area contributed by atoms with E-state index in [0.717, 1.165) is 6.92 Å². The topological polar surface area (TPSA) is 0 Å². The molecule has 0 amide bonds. The summed E-state index contributed by atoms with van der Waals surface area (Å²) in [6.45, 7) is 0.957. The highest BCUT2D eigenvalue weighted by Gasteiger charge is 2.24. The van der Waals surface area contributed by atoms with E-state index in [0.29, 0.717) is 7.28 Å². The average Bonchev–Trinajstić information content (AvgIpc) is 2.42. The fourth-order valence-corrected chi connectivity index (χ4v) is 1.77. The molecule has 0 saturated heterocycles. The highest BCUT2D eigenvalue weighted by atomic mass is 19.2. The number of benzene rings is 2. The zero-order valence-electron chi connectivity index (χ0n) is 10.4. The first-order valence-corrected chi connectivity index (χ1v) is 5.55. The zero-order chi connectivity index (χ0) is 15.9. The van der Waals surface area contributed by atoms with Crippen molar-refractivity contribution in [2.24, 2.45) is 0 Å². The maximum atomic E-state index is 13.6. The summed E-state index contributed by atoms with van der Waals surface area (Å²) in [6.07, 6.45) is 0. The van der Waals surface area contributed by atoms with Crippen molar-refractivity contribution in [2.75, 3.05) is 0 Å². The Morgan fingerprint density at radius 1 is 0.619 bits per heavy atom. The number of hydrogen-bond acceptors (Lipinski definition) is 0. The lowest BCUT2D eigenvalue weighted by molar-refractivity contribution is 0.463. The fraction of sp³-hybridized carbons (Fsp3) is 0.0769. The molecule has 0 aromatic heterocycles. The Morgan fingerprint density at radius 3 is 1.57 bits per heavy atom. The van der Waals surface area contributed by atoms with Gasteiger partial charge in [0.05, 0.1) is 0 Å². The Labute approximate surface area is 115 Å². The normalized spacial score (nSPS) is 10.9. The van der Waals surface area contributed by atoms with Gasteiger partial charge >= 0.3 is 0 Å². The summed E-state index contributed by atoms with van der Waals surface area (Å²) in [5.74, 6) is -11.2. The molecular formula is C13H5BF7. The third-order valence-corrected chi connectivity index (χ3v) is 2.89.